The van der Waals surface area contributed by atoms with Gasteiger partial charge in [0.2, 0.25) is 0 Å². The molecule has 2 aromatic carbocycles. The van der Waals surface area contributed by atoms with Crippen LogP contribution in [-0.4, -0.2) is 31.2 Å². The monoisotopic (exact) mass is 368 g/mol. The van der Waals surface area contributed by atoms with E-state index in [1.807, 2.05) is 0 Å². The third kappa shape index (κ3) is 5.03. The minimum absolute atomic E-state index is 0.00559. The number of anilines is 1. The van der Waals surface area contributed by atoms with E-state index in [4.69, 9.17) is 9.47 Å². The van der Waals surface area contributed by atoms with E-state index in [1.54, 1.807) is 0 Å². The molecular formula is C16H14F2N2O6. The van der Waals surface area contributed by atoms with E-state index < -0.39 is 24.0 Å². The molecule has 10 heteroatoms. The molecule has 138 valence electrons. The molecule has 0 aliphatic carbocycles. The SMILES string of the molecule is COc1ccc([N+](=O)[O-])cc1OCC(=O)Nc1ccccc1OC(F)F. The first-order valence-electron chi connectivity index (χ1n) is 7.19. The molecule has 1 N–H and O–H groups in total. The zero-order chi connectivity index (χ0) is 19.1. The van der Waals surface area contributed by atoms with Gasteiger partial charge in [-0.05, 0) is 18.2 Å². The standard InChI is InChI=1S/C16H14F2N2O6/c1-24-13-7-6-10(20(22)23)8-14(13)25-9-15(21)19-11-4-2-3-5-12(11)26-16(17)18/h2-8,16H,9H2,1H3,(H,19,21). The van der Waals surface area contributed by atoms with Crippen LogP contribution in [0.3, 0.4) is 0 Å². The van der Waals surface area contributed by atoms with Gasteiger partial charge in [-0.25, -0.2) is 0 Å². The predicted octanol–water partition coefficient (Wildman–Crippen LogP) is 3.22. The number of benzene rings is 2. The van der Waals surface area contributed by atoms with Gasteiger partial charge in [0.05, 0.1) is 23.8 Å². The number of alkyl halides is 2. The van der Waals surface area contributed by atoms with Crippen LogP contribution in [0.1, 0.15) is 0 Å². The van der Waals surface area contributed by atoms with Gasteiger partial charge in [-0.3, -0.25) is 14.9 Å². The van der Waals surface area contributed by atoms with Crippen molar-refractivity contribution in [2.75, 3.05) is 19.0 Å². The number of para-hydroxylation sites is 2. The Morgan fingerprint density at radius 2 is 1.92 bits per heavy atom. The molecule has 0 saturated carbocycles. The molecule has 0 saturated heterocycles. The minimum Gasteiger partial charge on any atom is -0.493 e. The Kier molecular flexibility index (Phi) is 6.25. The third-order valence-electron chi connectivity index (χ3n) is 3.09. The van der Waals surface area contributed by atoms with Gasteiger partial charge in [-0.15, -0.1) is 0 Å². The highest BCUT2D eigenvalue weighted by Gasteiger charge is 2.15. The van der Waals surface area contributed by atoms with Gasteiger partial charge in [-0.2, -0.15) is 8.78 Å². The summed E-state index contributed by atoms with van der Waals surface area (Å²) in [5, 5.41) is 13.2. The van der Waals surface area contributed by atoms with Crippen molar-refractivity contribution >= 4 is 17.3 Å². The molecule has 1 amide bonds. The molecule has 0 fully saturated rings. The summed E-state index contributed by atoms with van der Waals surface area (Å²) < 4.78 is 39.3. The summed E-state index contributed by atoms with van der Waals surface area (Å²) in [6, 6.07) is 9.31. The van der Waals surface area contributed by atoms with Crippen molar-refractivity contribution in [3.8, 4) is 17.2 Å². The Morgan fingerprint density at radius 3 is 2.58 bits per heavy atom. The van der Waals surface area contributed by atoms with Crippen LogP contribution >= 0.6 is 0 Å². The highest BCUT2D eigenvalue weighted by atomic mass is 19.3. The van der Waals surface area contributed by atoms with Crippen LogP contribution in [0.15, 0.2) is 42.5 Å². The average molecular weight is 368 g/mol. The molecule has 0 atom stereocenters. The fourth-order valence-corrected chi connectivity index (χ4v) is 1.99. The number of carbonyl (C=O) groups excluding carboxylic acids is 1. The van der Waals surface area contributed by atoms with Gasteiger partial charge >= 0.3 is 6.61 Å². The lowest BCUT2D eigenvalue weighted by Crippen LogP contribution is -2.21. The maximum atomic E-state index is 12.4. The number of nitro groups is 1. The van der Waals surface area contributed by atoms with E-state index in [2.05, 4.69) is 10.1 Å². The first-order chi connectivity index (χ1) is 12.4. The molecule has 0 aliphatic rings. The number of amides is 1. The van der Waals surface area contributed by atoms with Crippen LogP contribution in [0, 0.1) is 10.1 Å². The number of non-ortho nitro benzene ring substituents is 1. The number of rotatable bonds is 8. The summed E-state index contributed by atoms with van der Waals surface area (Å²) >= 11 is 0. The van der Waals surface area contributed by atoms with Gasteiger partial charge < -0.3 is 19.5 Å². The summed E-state index contributed by atoms with van der Waals surface area (Å²) in [4.78, 5) is 22.2. The normalized spacial score (nSPS) is 10.3. The number of nitrogens with zero attached hydrogens (tertiary/aromatic N) is 1. The lowest BCUT2D eigenvalue weighted by atomic mass is 10.3. The first-order valence-corrected chi connectivity index (χ1v) is 7.19. The molecule has 0 unspecified atom stereocenters. The van der Waals surface area contributed by atoms with Gasteiger partial charge in [0.25, 0.3) is 11.6 Å². The number of carbonyl (C=O) groups is 1. The van der Waals surface area contributed by atoms with Crippen LogP contribution in [0.5, 0.6) is 17.2 Å². The zero-order valence-corrected chi connectivity index (χ0v) is 13.5. The summed E-state index contributed by atoms with van der Waals surface area (Å²) in [5.41, 5.74) is -0.204. The largest absolute Gasteiger partial charge is 0.493 e. The first kappa shape index (κ1) is 18.9. The van der Waals surface area contributed by atoms with Crippen molar-refractivity contribution in [2.45, 2.75) is 6.61 Å². The summed E-state index contributed by atoms with van der Waals surface area (Å²) in [6.45, 7) is -3.57. The molecular weight excluding hydrogens is 354 g/mol. The van der Waals surface area contributed by atoms with Crippen molar-refractivity contribution in [1.29, 1.82) is 0 Å². The fourth-order valence-electron chi connectivity index (χ4n) is 1.99. The number of halogens is 2. The zero-order valence-electron chi connectivity index (χ0n) is 13.5. The second kappa shape index (κ2) is 8.60. The van der Waals surface area contributed by atoms with Gasteiger partial charge in [0.1, 0.15) is 5.75 Å². The van der Waals surface area contributed by atoms with E-state index in [1.165, 1.54) is 43.5 Å². The topological polar surface area (TPSA) is 99.9 Å². The Labute approximate surface area is 146 Å². The van der Waals surface area contributed by atoms with E-state index in [0.29, 0.717) is 0 Å². The van der Waals surface area contributed by atoms with E-state index in [0.717, 1.165) is 6.07 Å². The van der Waals surface area contributed by atoms with Gasteiger partial charge in [0.15, 0.2) is 18.1 Å². The smallest absolute Gasteiger partial charge is 0.387 e. The van der Waals surface area contributed by atoms with Crippen LogP contribution in [-0.2, 0) is 4.79 Å². The highest BCUT2D eigenvalue weighted by molar-refractivity contribution is 5.93. The van der Waals surface area contributed by atoms with Gasteiger partial charge in [0, 0.05) is 6.07 Å². The van der Waals surface area contributed by atoms with E-state index >= 15 is 0 Å². The predicted molar refractivity (Wildman–Crippen MR) is 86.8 cm³/mol. The molecule has 2 rings (SSSR count). The Bertz CT molecular complexity index is 800. The van der Waals surface area contributed by atoms with Crippen LogP contribution in [0.4, 0.5) is 20.2 Å². The lowest BCUT2D eigenvalue weighted by Gasteiger charge is -2.13. The number of hydrogen-bond acceptors (Lipinski definition) is 6. The number of nitro benzene ring substituents is 1. The van der Waals surface area contributed by atoms with Crippen molar-refractivity contribution < 1.29 is 32.7 Å². The Hall–Kier alpha value is -3.43. The molecule has 0 spiro atoms. The quantitative estimate of drug-likeness (QED) is 0.567. The van der Waals surface area contributed by atoms with Crippen molar-refractivity contribution in [3.63, 3.8) is 0 Å². The Balaban J connectivity index is 2.06. The number of ether oxygens (including phenoxy) is 3. The molecule has 0 aromatic heterocycles. The second-order valence-electron chi connectivity index (χ2n) is 4.80. The number of methoxy groups -OCH3 is 1. The van der Waals surface area contributed by atoms with Crippen LogP contribution in [0.2, 0.25) is 0 Å². The highest BCUT2D eigenvalue weighted by Crippen LogP contribution is 2.31. The summed E-state index contributed by atoms with van der Waals surface area (Å²) in [5.74, 6) is -0.688. The van der Waals surface area contributed by atoms with E-state index in [9.17, 15) is 23.7 Å². The molecule has 0 aliphatic heterocycles. The maximum Gasteiger partial charge on any atom is 0.387 e. The van der Waals surface area contributed by atoms with E-state index in [-0.39, 0.29) is 28.6 Å². The van der Waals surface area contributed by atoms with Crippen molar-refractivity contribution in [2.24, 2.45) is 0 Å². The summed E-state index contributed by atoms with van der Waals surface area (Å²) in [7, 11) is 1.34. The lowest BCUT2D eigenvalue weighted by molar-refractivity contribution is -0.385. The maximum absolute atomic E-state index is 12.4. The van der Waals surface area contributed by atoms with Crippen molar-refractivity contribution in [1.82, 2.24) is 0 Å². The molecule has 2 aromatic rings. The summed E-state index contributed by atoms with van der Waals surface area (Å²) in [6.07, 6.45) is 0. The number of nitrogens with one attached hydrogen (secondary N) is 1. The van der Waals surface area contributed by atoms with Crippen LogP contribution < -0.4 is 19.5 Å². The third-order valence-corrected chi connectivity index (χ3v) is 3.09. The van der Waals surface area contributed by atoms with Gasteiger partial charge in [-0.1, -0.05) is 12.1 Å². The fraction of sp³-hybridized carbons (Fsp3) is 0.188. The molecule has 26 heavy (non-hydrogen) atoms. The van der Waals surface area contributed by atoms with Crippen LogP contribution in [0.25, 0.3) is 0 Å². The minimum atomic E-state index is -3.04. The van der Waals surface area contributed by atoms with Crippen molar-refractivity contribution in [3.05, 3.63) is 52.6 Å². The number of hydrogen-bond donors (Lipinski definition) is 1. The molecule has 0 heterocycles. The molecule has 0 bridgehead atoms. The molecule has 0 radical (unpaired) electrons. The molecule has 8 nitrogen and oxygen atoms in total. The second-order valence-corrected chi connectivity index (χ2v) is 4.80. The average Bonchev–Trinajstić information content (AvgIpc) is 2.60. The Morgan fingerprint density at radius 1 is 1.19 bits per heavy atom.